The van der Waals surface area contributed by atoms with E-state index in [-0.39, 0.29) is 11.4 Å². The number of amides is 1. The van der Waals surface area contributed by atoms with Crippen LogP contribution in [0.15, 0.2) is 30.3 Å². The Morgan fingerprint density at radius 2 is 2.04 bits per heavy atom. The molecule has 0 unspecified atom stereocenters. The maximum Gasteiger partial charge on any atom is 0.293 e. The summed E-state index contributed by atoms with van der Waals surface area (Å²) in [6.45, 7) is 4.28. The topological polar surface area (TPSA) is 90.7 Å². The number of aryl methyl sites for hydroxylation is 1. The molecule has 0 bridgehead atoms. The van der Waals surface area contributed by atoms with Crippen LogP contribution in [0.1, 0.15) is 29.3 Å². The zero-order valence-corrected chi connectivity index (χ0v) is 16.8. The largest absolute Gasteiger partial charge is 0.493 e. The van der Waals surface area contributed by atoms with Gasteiger partial charge in [-0.3, -0.25) is 14.9 Å². The van der Waals surface area contributed by atoms with Crippen molar-refractivity contribution >= 4 is 39.9 Å². The SMILES string of the molecule is CCCOc1c(I)cc(C(=O)Nc2ccc(C)cc2[N+](=O)[O-])cc1OC. The molecule has 0 aliphatic carbocycles. The number of nitro groups is 1. The van der Waals surface area contributed by atoms with E-state index >= 15 is 0 Å². The molecule has 0 aromatic heterocycles. The number of carbonyl (C=O) groups excluding carboxylic acids is 1. The number of hydrogen-bond acceptors (Lipinski definition) is 5. The quantitative estimate of drug-likeness (QED) is 0.364. The highest BCUT2D eigenvalue weighted by Gasteiger charge is 2.19. The number of ether oxygens (including phenoxy) is 2. The zero-order valence-electron chi connectivity index (χ0n) is 14.7. The first-order chi connectivity index (χ1) is 12.4. The van der Waals surface area contributed by atoms with E-state index in [0.717, 1.165) is 15.6 Å². The fraction of sp³-hybridized carbons (Fsp3) is 0.278. The van der Waals surface area contributed by atoms with E-state index in [1.165, 1.54) is 19.2 Å². The Morgan fingerprint density at radius 1 is 1.31 bits per heavy atom. The van der Waals surface area contributed by atoms with Crippen molar-refractivity contribution in [2.45, 2.75) is 20.3 Å². The highest BCUT2D eigenvalue weighted by atomic mass is 127. The van der Waals surface area contributed by atoms with Crippen LogP contribution in [-0.2, 0) is 0 Å². The number of halogens is 1. The first-order valence-electron chi connectivity index (χ1n) is 7.94. The van der Waals surface area contributed by atoms with Gasteiger partial charge in [-0.25, -0.2) is 0 Å². The number of benzene rings is 2. The van der Waals surface area contributed by atoms with Gasteiger partial charge in [-0.15, -0.1) is 0 Å². The standard InChI is InChI=1S/C18H19IN2O5/c1-4-7-26-17-13(19)9-12(10-16(17)25-3)18(22)20-14-6-5-11(2)8-15(14)21(23)24/h5-6,8-10H,4,7H2,1-3H3,(H,20,22). The maximum atomic E-state index is 12.6. The van der Waals surface area contributed by atoms with E-state index < -0.39 is 10.8 Å². The lowest BCUT2D eigenvalue weighted by Crippen LogP contribution is -2.14. The number of nitro benzene ring substituents is 1. The number of carbonyl (C=O) groups is 1. The molecule has 1 amide bonds. The average Bonchev–Trinajstić information content (AvgIpc) is 2.61. The van der Waals surface area contributed by atoms with E-state index in [2.05, 4.69) is 27.9 Å². The van der Waals surface area contributed by atoms with Crippen LogP contribution in [-0.4, -0.2) is 24.5 Å². The molecule has 2 rings (SSSR count). The third-order valence-corrected chi connectivity index (χ3v) is 4.34. The molecule has 2 aromatic rings. The van der Waals surface area contributed by atoms with Crippen molar-refractivity contribution in [2.24, 2.45) is 0 Å². The Labute approximate surface area is 165 Å². The third-order valence-electron chi connectivity index (χ3n) is 3.54. The van der Waals surface area contributed by atoms with Crippen molar-refractivity contribution in [3.05, 3.63) is 55.1 Å². The molecule has 0 spiro atoms. The lowest BCUT2D eigenvalue weighted by atomic mass is 10.1. The second-order valence-corrected chi connectivity index (χ2v) is 6.73. The first-order valence-corrected chi connectivity index (χ1v) is 9.02. The van der Waals surface area contributed by atoms with E-state index in [4.69, 9.17) is 9.47 Å². The molecule has 8 heteroatoms. The molecule has 0 aliphatic rings. The Hall–Kier alpha value is -2.36. The Balaban J connectivity index is 2.33. The van der Waals surface area contributed by atoms with Crippen molar-refractivity contribution < 1.29 is 19.2 Å². The minimum absolute atomic E-state index is 0.144. The van der Waals surface area contributed by atoms with Gasteiger partial charge in [0.25, 0.3) is 11.6 Å². The van der Waals surface area contributed by atoms with Gasteiger partial charge in [0.1, 0.15) is 5.69 Å². The number of hydrogen-bond donors (Lipinski definition) is 1. The molecule has 0 atom stereocenters. The molecule has 0 saturated carbocycles. The highest BCUT2D eigenvalue weighted by molar-refractivity contribution is 14.1. The number of nitrogens with one attached hydrogen (secondary N) is 1. The van der Waals surface area contributed by atoms with Gasteiger partial charge < -0.3 is 14.8 Å². The normalized spacial score (nSPS) is 10.3. The van der Waals surface area contributed by atoms with Gasteiger partial charge >= 0.3 is 0 Å². The van der Waals surface area contributed by atoms with Crippen LogP contribution in [0.3, 0.4) is 0 Å². The summed E-state index contributed by atoms with van der Waals surface area (Å²) in [6.07, 6.45) is 0.846. The lowest BCUT2D eigenvalue weighted by Gasteiger charge is -2.14. The molecule has 0 heterocycles. The van der Waals surface area contributed by atoms with Crippen molar-refractivity contribution in [1.82, 2.24) is 0 Å². The summed E-state index contributed by atoms with van der Waals surface area (Å²) in [4.78, 5) is 23.3. The predicted molar refractivity (Wildman–Crippen MR) is 107 cm³/mol. The molecule has 0 fully saturated rings. The summed E-state index contributed by atoms with van der Waals surface area (Å²) < 4.78 is 11.7. The smallest absolute Gasteiger partial charge is 0.293 e. The Bertz CT molecular complexity index is 839. The van der Waals surface area contributed by atoms with Crippen molar-refractivity contribution in [1.29, 1.82) is 0 Å². The first kappa shape index (κ1) is 20.0. The summed E-state index contributed by atoms with van der Waals surface area (Å²) in [6, 6.07) is 7.86. The van der Waals surface area contributed by atoms with Crippen molar-refractivity contribution in [3.8, 4) is 11.5 Å². The lowest BCUT2D eigenvalue weighted by molar-refractivity contribution is -0.384. The molecular weight excluding hydrogens is 451 g/mol. The van der Waals surface area contributed by atoms with Gasteiger partial charge in [-0.2, -0.15) is 0 Å². The predicted octanol–water partition coefficient (Wildman–Crippen LogP) is 4.56. The van der Waals surface area contributed by atoms with Crippen LogP contribution in [0, 0.1) is 20.6 Å². The van der Waals surface area contributed by atoms with E-state index in [1.54, 1.807) is 25.1 Å². The molecule has 1 N–H and O–H groups in total. The minimum atomic E-state index is -0.519. The van der Waals surface area contributed by atoms with Crippen LogP contribution in [0.5, 0.6) is 11.5 Å². The molecule has 0 radical (unpaired) electrons. The molecule has 2 aromatic carbocycles. The van der Waals surface area contributed by atoms with Gasteiger partial charge in [-0.05, 0) is 59.7 Å². The molecule has 26 heavy (non-hydrogen) atoms. The van der Waals surface area contributed by atoms with Crippen LogP contribution in [0.4, 0.5) is 11.4 Å². The Kier molecular flexibility index (Phi) is 6.78. The maximum absolute atomic E-state index is 12.6. The van der Waals surface area contributed by atoms with E-state index in [1.807, 2.05) is 6.92 Å². The summed E-state index contributed by atoms with van der Waals surface area (Å²) in [5.41, 5.74) is 1.06. The summed E-state index contributed by atoms with van der Waals surface area (Å²) in [7, 11) is 1.50. The number of rotatable bonds is 7. The van der Waals surface area contributed by atoms with E-state index in [0.29, 0.717) is 23.7 Å². The molecule has 0 saturated heterocycles. The second-order valence-electron chi connectivity index (χ2n) is 5.57. The number of anilines is 1. The molecule has 7 nitrogen and oxygen atoms in total. The fourth-order valence-electron chi connectivity index (χ4n) is 2.29. The van der Waals surface area contributed by atoms with Crippen LogP contribution >= 0.6 is 22.6 Å². The number of methoxy groups -OCH3 is 1. The van der Waals surface area contributed by atoms with Gasteiger partial charge in [0.2, 0.25) is 0 Å². The van der Waals surface area contributed by atoms with Gasteiger partial charge in [0.05, 0.1) is 22.2 Å². The Morgan fingerprint density at radius 3 is 2.65 bits per heavy atom. The molecule has 138 valence electrons. The van der Waals surface area contributed by atoms with Crippen molar-refractivity contribution in [3.63, 3.8) is 0 Å². The summed E-state index contributed by atoms with van der Waals surface area (Å²) >= 11 is 2.07. The minimum Gasteiger partial charge on any atom is -0.493 e. The second kappa shape index (κ2) is 8.84. The fourth-order valence-corrected chi connectivity index (χ4v) is 3.05. The van der Waals surface area contributed by atoms with Crippen molar-refractivity contribution in [2.75, 3.05) is 19.0 Å². The average molecular weight is 470 g/mol. The third kappa shape index (κ3) is 4.63. The van der Waals surface area contributed by atoms with Crippen LogP contribution in [0.2, 0.25) is 0 Å². The van der Waals surface area contributed by atoms with E-state index in [9.17, 15) is 14.9 Å². The van der Waals surface area contributed by atoms with Crippen LogP contribution < -0.4 is 14.8 Å². The van der Waals surface area contributed by atoms with Gasteiger partial charge in [-0.1, -0.05) is 13.0 Å². The molecule has 0 aliphatic heterocycles. The van der Waals surface area contributed by atoms with Gasteiger partial charge in [0, 0.05) is 11.6 Å². The highest BCUT2D eigenvalue weighted by Crippen LogP contribution is 2.34. The van der Waals surface area contributed by atoms with Gasteiger partial charge in [0.15, 0.2) is 11.5 Å². The number of nitrogens with zero attached hydrogens (tertiary/aromatic N) is 1. The summed E-state index contributed by atoms with van der Waals surface area (Å²) in [5, 5.41) is 13.8. The monoisotopic (exact) mass is 470 g/mol. The molecular formula is C18H19IN2O5. The van der Waals surface area contributed by atoms with Crippen LogP contribution in [0.25, 0.3) is 0 Å². The zero-order chi connectivity index (χ0) is 19.3. The summed E-state index contributed by atoms with van der Waals surface area (Å²) in [5.74, 6) is 0.553.